The molecule has 0 spiro atoms. The summed E-state index contributed by atoms with van der Waals surface area (Å²) in [5.74, 6) is 0.738. The highest BCUT2D eigenvalue weighted by molar-refractivity contribution is 7.99. The Morgan fingerprint density at radius 2 is 1.84 bits per heavy atom. The summed E-state index contributed by atoms with van der Waals surface area (Å²) in [5, 5.41) is 12.8. The largest absolute Gasteiger partial charge is 0.325 e. The van der Waals surface area contributed by atoms with Gasteiger partial charge in [0, 0.05) is 28.7 Å². The summed E-state index contributed by atoms with van der Waals surface area (Å²) in [4.78, 5) is 16.6. The number of aryl methyl sites for hydroxylation is 2. The number of amides is 1. The van der Waals surface area contributed by atoms with E-state index in [2.05, 4.69) is 46.5 Å². The molecule has 0 fully saturated rings. The first-order valence-corrected chi connectivity index (χ1v) is 11.0. The molecule has 0 aliphatic heterocycles. The summed E-state index contributed by atoms with van der Waals surface area (Å²) >= 11 is 7.32. The van der Waals surface area contributed by atoms with Crippen LogP contribution in [0.25, 0.3) is 17.1 Å². The van der Waals surface area contributed by atoms with Crippen LogP contribution in [-0.2, 0) is 4.79 Å². The number of pyridine rings is 1. The smallest absolute Gasteiger partial charge is 0.234 e. The lowest BCUT2D eigenvalue weighted by Crippen LogP contribution is -2.14. The van der Waals surface area contributed by atoms with E-state index >= 15 is 0 Å². The van der Waals surface area contributed by atoms with Crippen LogP contribution in [0.2, 0.25) is 5.02 Å². The number of nitrogens with zero attached hydrogens (tertiary/aromatic N) is 4. The van der Waals surface area contributed by atoms with Gasteiger partial charge in [0.1, 0.15) is 0 Å². The van der Waals surface area contributed by atoms with E-state index in [4.69, 9.17) is 11.6 Å². The maximum absolute atomic E-state index is 12.5. The number of halogens is 1. The Kier molecular flexibility index (Phi) is 6.34. The molecule has 8 heteroatoms. The molecule has 0 aliphatic rings. The molecule has 2 heterocycles. The van der Waals surface area contributed by atoms with Crippen LogP contribution >= 0.6 is 23.4 Å². The van der Waals surface area contributed by atoms with Crippen molar-refractivity contribution in [2.75, 3.05) is 11.1 Å². The number of hydrogen-bond acceptors (Lipinski definition) is 5. The van der Waals surface area contributed by atoms with Crippen molar-refractivity contribution in [1.82, 2.24) is 19.7 Å². The fraction of sp³-hybridized carbons (Fsp3) is 0.130. The molecule has 4 rings (SSSR count). The number of nitrogens with one attached hydrogen (secondary N) is 1. The van der Waals surface area contributed by atoms with Crippen molar-refractivity contribution in [3.05, 3.63) is 83.1 Å². The molecule has 1 N–H and O–H groups in total. The van der Waals surface area contributed by atoms with Gasteiger partial charge in [-0.3, -0.25) is 14.3 Å². The number of carbonyl (C=O) groups excluding carboxylic acids is 1. The van der Waals surface area contributed by atoms with E-state index in [1.807, 2.05) is 22.8 Å². The molecule has 0 unspecified atom stereocenters. The minimum Gasteiger partial charge on any atom is -0.325 e. The number of hydrogen-bond donors (Lipinski definition) is 1. The van der Waals surface area contributed by atoms with Crippen LogP contribution in [0.4, 0.5) is 5.69 Å². The van der Waals surface area contributed by atoms with Gasteiger partial charge in [0.05, 0.1) is 11.4 Å². The van der Waals surface area contributed by atoms with Gasteiger partial charge in [-0.2, -0.15) is 0 Å². The zero-order valence-corrected chi connectivity index (χ0v) is 18.6. The van der Waals surface area contributed by atoms with Gasteiger partial charge in [-0.25, -0.2) is 0 Å². The molecule has 0 aliphatic carbocycles. The average molecular weight is 450 g/mol. The molecule has 156 valence electrons. The average Bonchev–Trinajstić information content (AvgIpc) is 3.19. The summed E-state index contributed by atoms with van der Waals surface area (Å²) in [6, 6.07) is 17.1. The van der Waals surface area contributed by atoms with Gasteiger partial charge in [0.15, 0.2) is 11.0 Å². The Labute approximate surface area is 189 Å². The topological polar surface area (TPSA) is 72.7 Å². The van der Waals surface area contributed by atoms with Crippen molar-refractivity contribution in [3.63, 3.8) is 0 Å². The molecule has 6 nitrogen and oxygen atoms in total. The Morgan fingerprint density at radius 3 is 2.58 bits per heavy atom. The lowest BCUT2D eigenvalue weighted by Gasteiger charge is -2.12. The van der Waals surface area contributed by atoms with Crippen molar-refractivity contribution in [3.8, 4) is 17.1 Å². The molecule has 2 aromatic heterocycles. The Morgan fingerprint density at radius 1 is 1.03 bits per heavy atom. The lowest BCUT2D eigenvalue weighted by molar-refractivity contribution is -0.113. The van der Waals surface area contributed by atoms with E-state index in [1.165, 1.54) is 22.9 Å². The zero-order valence-electron chi connectivity index (χ0n) is 17.0. The summed E-state index contributed by atoms with van der Waals surface area (Å²) in [6.45, 7) is 4.14. The fourth-order valence-corrected chi connectivity index (χ4v) is 3.98. The van der Waals surface area contributed by atoms with E-state index in [-0.39, 0.29) is 11.7 Å². The number of rotatable bonds is 6. The quantitative estimate of drug-likeness (QED) is 0.403. The van der Waals surface area contributed by atoms with Crippen molar-refractivity contribution in [2.45, 2.75) is 19.0 Å². The van der Waals surface area contributed by atoms with Crippen LogP contribution in [0.1, 0.15) is 11.1 Å². The third-order valence-corrected chi connectivity index (χ3v) is 5.93. The number of thioether (sulfide) groups is 1. The zero-order chi connectivity index (χ0) is 21.8. The first-order chi connectivity index (χ1) is 15.0. The first-order valence-electron chi connectivity index (χ1n) is 9.63. The fourth-order valence-electron chi connectivity index (χ4n) is 3.04. The highest BCUT2D eigenvalue weighted by Crippen LogP contribution is 2.29. The number of carbonyl (C=O) groups is 1. The van der Waals surface area contributed by atoms with Gasteiger partial charge in [-0.15, -0.1) is 10.2 Å². The second-order valence-electron chi connectivity index (χ2n) is 6.99. The van der Waals surface area contributed by atoms with Crippen molar-refractivity contribution in [1.29, 1.82) is 0 Å². The second kappa shape index (κ2) is 9.32. The van der Waals surface area contributed by atoms with Crippen LogP contribution < -0.4 is 5.32 Å². The monoisotopic (exact) mass is 449 g/mol. The Bertz CT molecular complexity index is 1230. The maximum atomic E-state index is 12.5. The van der Waals surface area contributed by atoms with Crippen LogP contribution in [0.15, 0.2) is 72.1 Å². The highest BCUT2D eigenvalue weighted by atomic mass is 35.5. The molecular formula is C23H20ClN5OS. The predicted octanol–water partition coefficient (Wildman–Crippen LogP) is 5.33. The van der Waals surface area contributed by atoms with Crippen molar-refractivity contribution in [2.24, 2.45) is 0 Å². The van der Waals surface area contributed by atoms with Crippen LogP contribution in [0, 0.1) is 13.8 Å². The van der Waals surface area contributed by atoms with E-state index in [0.29, 0.717) is 21.7 Å². The van der Waals surface area contributed by atoms with Gasteiger partial charge in [0.25, 0.3) is 0 Å². The molecule has 0 saturated carbocycles. The molecule has 4 aromatic rings. The van der Waals surface area contributed by atoms with Crippen molar-refractivity contribution >= 4 is 35.0 Å². The maximum Gasteiger partial charge on any atom is 0.234 e. The van der Waals surface area contributed by atoms with Gasteiger partial charge in [-0.1, -0.05) is 35.5 Å². The number of benzene rings is 2. The predicted molar refractivity (Wildman–Crippen MR) is 125 cm³/mol. The van der Waals surface area contributed by atoms with Crippen LogP contribution in [0.3, 0.4) is 0 Å². The molecule has 2 aromatic carbocycles. The Balaban J connectivity index is 1.62. The third kappa shape index (κ3) is 4.95. The number of anilines is 1. The lowest BCUT2D eigenvalue weighted by atomic mass is 10.1. The van der Waals surface area contributed by atoms with Crippen molar-refractivity contribution < 1.29 is 4.79 Å². The third-order valence-electron chi connectivity index (χ3n) is 4.76. The molecule has 0 radical (unpaired) electrons. The van der Waals surface area contributed by atoms with E-state index in [1.54, 1.807) is 36.7 Å². The molecule has 0 bridgehead atoms. The van der Waals surface area contributed by atoms with Crippen LogP contribution in [0.5, 0.6) is 0 Å². The second-order valence-corrected chi connectivity index (χ2v) is 8.37. The van der Waals surface area contributed by atoms with E-state index in [0.717, 1.165) is 11.3 Å². The summed E-state index contributed by atoms with van der Waals surface area (Å²) < 4.78 is 1.97. The van der Waals surface area contributed by atoms with E-state index in [9.17, 15) is 4.79 Å². The van der Waals surface area contributed by atoms with Crippen LogP contribution in [-0.4, -0.2) is 31.4 Å². The minimum atomic E-state index is -0.146. The molecule has 0 atom stereocenters. The van der Waals surface area contributed by atoms with E-state index < -0.39 is 0 Å². The SMILES string of the molecule is Cc1ccc(-n2c(SCC(=O)Nc3cccc(Cl)c3)nnc2-c2ccncc2)cc1C. The highest BCUT2D eigenvalue weighted by Gasteiger charge is 2.18. The molecular weight excluding hydrogens is 430 g/mol. The normalized spacial score (nSPS) is 10.8. The first kappa shape index (κ1) is 21.1. The minimum absolute atomic E-state index is 0.146. The summed E-state index contributed by atoms with van der Waals surface area (Å²) in [5.41, 5.74) is 4.87. The molecule has 31 heavy (non-hydrogen) atoms. The van der Waals surface area contributed by atoms with Gasteiger partial charge < -0.3 is 5.32 Å². The van der Waals surface area contributed by atoms with Gasteiger partial charge in [0.2, 0.25) is 5.91 Å². The molecule has 1 amide bonds. The Hall–Kier alpha value is -3.16. The molecule has 0 saturated heterocycles. The van der Waals surface area contributed by atoms with Gasteiger partial charge in [-0.05, 0) is 67.4 Å². The standard InChI is InChI=1S/C23H20ClN5OS/c1-15-6-7-20(12-16(15)2)29-22(17-8-10-25-11-9-17)27-28-23(29)31-14-21(30)26-19-5-3-4-18(24)13-19/h3-13H,14H2,1-2H3,(H,26,30). The summed E-state index contributed by atoms with van der Waals surface area (Å²) in [6.07, 6.45) is 3.44. The number of aromatic nitrogens is 4. The summed E-state index contributed by atoms with van der Waals surface area (Å²) in [7, 11) is 0. The van der Waals surface area contributed by atoms with Gasteiger partial charge >= 0.3 is 0 Å².